The minimum Gasteiger partial charge on any atom is -0.456 e. The molecule has 13 rings (SSSR count). The predicted molar refractivity (Wildman–Crippen MR) is 270 cm³/mol. The Labute approximate surface area is 379 Å². The van der Waals surface area contributed by atoms with Crippen molar-refractivity contribution in [3.63, 3.8) is 0 Å². The van der Waals surface area contributed by atoms with Gasteiger partial charge in [-0.3, -0.25) is 0 Å². The zero-order chi connectivity index (χ0) is 43.6. The molecule has 0 N–H and O–H groups in total. The van der Waals surface area contributed by atoms with Gasteiger partial charge in [0.1, 0.15) is 22.3 Å². The van der Waals surface area contributed by atoms with Crippen LogP contribution in [0.1, 0.15) is 0 Å². The molecule has 3 aromatic heterocycles. The van der Waals surface area contributed by atoms with Gasteiger partial charge in [0.2, 0.25) is 0 Å². The lowest BCUT2D eigenvalue weighted by molar-refractivity contribution is 0.669. The maximum Gasteiger partial charge on any atom is 0.164 e. The molecular weight excluding hydrogens is 807 g/mol. The van der Waals surface area contributed by atoms with Gasteiger partial charge in [0.05, 0.1) is 0 Å². The van der Waals surface area contributed by atoms with Gasteiger partial charge in [-0.25, -0.2) is 15.0 Å². The van der Waals surface area contributed by atoms with Crippen LogP contribution in [0.4, 0.5) is 0 Å². The number of hydrogen-bond donors (Lipinski definition) is 0. The summed E-state index contributed by atoms with van der Waals surface area (Å²) in [6, 6.07) is 78.2. The smallest absolute Gasteiger partial charge is 0.164 e. The SMILES string of the molecule is c1ccc(-c2cccc(-c3nc(-c4cccc(-c5ccccc5)c4)nc(-c4ccc5c(c4)oc4c(-c6cc(-c7ccc8oc9ccccc9c8c7)cc7ccccc67)cccc45)n3)c2)cc1. The molecule has 66 heavy (non-hydrogen) atoms. The molecule has 0 bridgehead atoms. The molecule has 0 aliphatic carbocycles. The van der Waals surface area contributed by atoms with Crippen molar-refractivity contribution in [2.24, 2.45) is 0 Å². The molecule has 0 atom stereocenters. The fraction of sp³-hybridized carbons (Fsp3) is 0. The van der Waals surface area contributed by atoms with Crippen LogP contribution in [0.5, 0.6) is 0 Å². The lowest BCUT2D eigenvalue weighted by atomic mass is 9.92. The first-order valence-electron chi connectivity index (χ1n) is 22.2. The summed E-state index contributed by atoms with van der Waals surface area (Å²) >= 11 is 0. The second-order valence-corrected chi connectivity index (χ2v) is 16.7. The molecule has 0 fully saturated rings. The molecule has 13 aromatic rings. The third kappa shape index (κ3) is 6.53. The van der Waals surface area contributed by atoms with Gasteiger partial charge >= 0.3 is 0 Å². The van der Waals surface area contributed by atoms with E-state index in [0.29, 0.717) is 17.5 Å². The molecule has 0 spiro atoms. The van der Waals surface area contributed by atoms with Crippen molar-refractivity contribution in [1.29, 1.82) is 0 Å². The van der Waals surface area contributed by atoms with Gasteiger partial charge in [0, 0.05) is 43.8 Å². The Balaban J connectivity index is 0.953. The van der Waals surface area contributed by atoms with E-state index in [2.05, 4.69) is 200 Å². The van der Waals surface area contributed by atoms with Crippen LogP contribution in [-0.2, 0) is 0 Å². The molecule has 3 heterocycles. The Morgan fingerprint density at radius 1 is 0.242 bits per heavy atom. The van der Waals surface area contributed by atoms with E-state index >= 15 is 0 Å². The van der Waals surface area contributed by atoms with E-state index < -0.39 is 0 Å². The topological polar surface area (TPSA) is 65.0 Å². The molecule has 0 aliphatic heterocycles. The van der Waals surface area contributed by atoms with E-state index in [-0.39, 0.29) is 0 Å². The predicted octanol–water partition coefficient (Wildman–Crippen LogP) is 16.5. The lowest BCUT2D eigenvalue weighted by Crippen LogP contribution is -2.00. The maximum atomic E-state index is 6.97. The number of hydrogen-bond acceptors (Lipinski definition) is 5. The number of rotatable bonds is 7. The van der Waals surface area contributed by atoms with Crippen molar-refractivity contribution in [2.75, 3.05) is 0 Å². The first-order chi connectivity index (χ1) is 32.7. The van der Waals surface area contributed by atoms with Crippen molar-refractivity contribution >= 4 is 54.6 Å². The number of benzene rings is 10. The van der Waals surface area contributed by atoms with E-state index in [1.807, 2.05) is 24.3 Å². The number of para-hydroxylation sites is 2. The van der Waals surface area contributed by atoms with Crippen LogP contribution in [0.15, 0.2) is 233 Å². The van der Waals surface area contributed by atoms with Gasteiger partial charge in [0.25, 0.3) is 0 Å². The minimum absolute atomic E-state index is 0.564. The summed E-state index contributed by atoms with van der Waals surface area (Å²) in [6.07, 6.45) is 0. The summed E-state index contributed by atoms with van der Waals surface area (Å²) < 4.78 is 13.2. The van der Waals surface area contributed by atoms with Gasteiger partial charge in [-0.1, -0.05) is 170 Å². The first-order valence-corrected chi connectivity index (χ1v) is 22.2. The second kappa shape index (κ2) is 15.4. The molecule has 0 unspecified atom stereocenters. The third-order valence-electron chi connectivity index (χ3n) is 12.7. The van der Waals surface area contributed by atoms with Gasteiger partial charge in [-0.05, 0) is 104 Å². The Morgan fingerprint density at radius 2 is 0.758 bits per heavy atom. The maximum absolute atomic E-state index is 6.97. The summed E-state index contributed by atoms with van der Waals surface area (Å²) in [7, 11) is 0. The molecule has 0 saturated heterocycles. The van der Waals surface area contributed by atoms with Crippen LogP contribution in [0, 0.1) is 0 Å². The number of nitrogens with zero attached hydrogens (tertiary/aromatic N) is 3. The molecule has 0 amide bonds. The van der Waals surface area contributed by atoms with Crippen molar-refractivity contribution in [3.8, 4) is 78.7 Å². The monoisotopic (exact) mass is 843 g/mol. The number of furan rings is 2. The molecule has 0 aliphatic rings. The molecule has 0 saturated carbocycles. The Hall–Kier alpha value is -8.93. The van der Waals surface area contributed by atoms with E-state index in [4.69, 9.17) is 23.8 Å². The first kappa shape index (κ1) is 37.6. The van der Waals surface area contributed by atoms with Crippen LogP contribution in [0.2, 0.25) is 0 Å². The summed E-state index contributed by atoms with van der Waals surface area (Å²) in [5.41, 5.74) is 14.8. The van der Waals surface area contributed by atoms with E-state index in [1.165, 1.54) is 0 Å². The van der Waals surface area contributed by atoms with Crippen LogP contribution in [0.3, 0.4) is 0 Å². The molecule has 308 valence electrons. The van der Waals surface area contributed by atoms with Crippen LogP contribution in [0.25, 0.3) is 133 Å². The van der Waals surface area contributed by atoms with E-state index in [9.17, 15) is 0 Å². The summed E-state index contributed by atoms with van der Waals surface area (Å²) in [4.78, 5) is 15.5. The largest absolute Gasteiger partial charge is 0.456 e. The normalized spacial score (nSPS) is 11.6. The fourth-order valence-electron chi connectivity index (χ4n) is 9.46. The van der Waals surface area contributed by atoms with Crippen molar-refractivity contribution in [1.82, 2.24) is 15.0 Å². The highest BCUT2D eigenvalue weighted by atomic mass is 16.3. The zero-order valence-electron chi connectivity index (χ0n) is 35.5. The van der Waals surface area contributed by atoms with Gasteiger partial charge < -0.3 is 8.83 Å². The highest BCUT2D eigenvalue weighted by Gasteiger charge is 2.19. The number of aromatic nitrogens is 3. The van der Waals surface area contributed by atoms with E-state index in [1.54, 1.807) is 0 Å². The van der Waals surface area contributed by atoms with Crippen LogP contribution < -0.4 is 0 Å². The average Bonchev–Trinajstić information content (AvgIpc) is 3.97. The van der Waals surface area contributed by atoms with Gasteiger partial charge in [0.15, 0.2) is 17.5 Å². The molecule has 10 aromatic carbocycles. The zero-order valence-corrected chi connectivity index (χ0v) is 35.5. The third-order valence-corrected chi connectivity index (χ3v) is 12.7. The van der Waals surface area contributed by atoms with Crippen molar-refractivity contribution < 1.29 is 8.83 Å². The highest BCUT2D eigenvalue weighted by Crippen LogP contribution is 2.42. The van der Waals surface area contributed by atoms with Crippen molar-refractivity contribution in [2.45, 2.75) is 0 Å². The fourth-order valence-corrected chi connectivity index (χ4v) is 9.46. The summed E-state index contributed by atoms with van der Waals surface area (Å²) in [5, 5.41) is 6.59. The Kier molecular flexibility index (Phi) is 8.78. The van der Waals surface area contributed by atoms with Crippen molar-refractivity contribution in [3.05, 3.63) is 224 Å². The van der Waals surface area contributed by atoms with Gasteiger partial charge in [-0.2, -0.15) is 0 Å². The standard InChI is InChI=1S/C61H37N3O2/c1-3-14-38(15-4-1)40-19-11-21-44(32-40)59-62-60(45-22-12-20-41(33-45)39-16-5-2-6-17-39)64-61(63-59)46-28-30-50-51-25-13-26-52(58(51)66-57(50)37-46)53-36-47(34-43-18-7-8-23-48(43)53)42-29-31-56-54(35-42)49-24-9-10-27-55(49)65-56/h1-37H. The minimum atomic E-state index is 0.564. The molecular formula is C61H37N3O2. The summed E-state index contributed by atoms with van der Waals surface area (Å²) in [5.74, 6) is 1.75. The molecule has 0 radical (unpaired) electrons. The average molecular weight is 844 g/mol. The molecule has 5 nitrogen and oxygen atoms in total. The second-order valence-electron chi connectivity index (χ2n) is 16.7. The van der Waals surface area contributed by atoms with Gasteiger partial charge in [-0.15, -0.1) is 0 Å². The van der Waals surface area contributed by atoms with Crippen LogP contribution in [-0.4, -0.2) is 15.0 Å². The van der Waals surface area contributed by atoms with Crippen LogP contribution >= 0.6 is 0 Å². The number of fused-ring (bicyclic) bond motifs is 7. The summed E-state index contributed by atoms with van der Waals surface area (Å²) in [6.45, 7) is 0. The Morgan fingerprint density at radius 3 is 1.47 bits per heavy atom. The lowest BCUT2D eigenvalue weighted by Gasteiger charge is -2.12. The highest BCUT2D eigenvalue weighted by molar-refractivity contribution is 6.14. The van der Waals surface area contributed by atoms with E-state index in [0.717, 1.165) is 116 Å². The molecule has 5 heteroatoms. The quantitative estimate of drug-likeness (QED) is 0.160. The Bertz CT molecular complexity index is 3900.